The number of hydrogen-bond acceptors (Lipinski definition) is 2. The van der Waals surface area contributed by atoms with E-state index >= 15 is 0 Å². The summed E-state index contributed by atoms with van der Waals surface area (Å²) in [7, 11) is 0. The van der Waals surface area contributed by atoms with Crippen LogP contribution in [0.5, 0.6) is 0 Å². The van der Waals surface area contributed by atoms with Crippen molar-refractivity contribution in [1.82, 2.24) is 5.32 Å². The van der Waals surface area contributed by atoms with E-state index in [4.69, 9.17) is 5.11 Å². The number of benzene rings is 1. The molecule has 0 saturated carbocycles. The van der Waals surface area contributed by atoms with E-state index < -0.39 is 12.0 Å². The Hall–Kier alpha value is -1.36. The maximum absolute atomic E-state index is 12.0. The zero-order valence-corrected chi connectivity index (χ0v) is 11.9. The van der Waals surface area contributed by atoms with Gasteiger partial charge >= 0.3 is 5.97 Å². The number of amides is 1. The molecule has 1 rings (SSSR count). The van der Waals surface area contributed by atoms with Crippen LogP contribution < -0.4 is 5.32 Å². The number of carboxylic acids is 1. The second-order valence-electron chi connectivity index (χ2n) is 4.47. The number of hydrogen-bond donors (Lipinski definition) is 2. The fraction of sp³-hybridized carbons (Fsp3) is 0.385. The third kappa shape index (κ3) is 4.14. The first kappa shape index (κ1) is 14.7. The van der Waals surface area contributed by atoms with E-state index in [-0.39, 0.29) is 11.8 Å². The summed E-state index contributed by atoms with van der Waals surface area (Å²) >= 11 is 3.27. The van der Waals surface area contributed by atoms with Crippen molar-refractivity contribution in [3.05, 3.63) is 34.3 Å². The zero-order chi connectivity index (χ0) is 13.7. The highest BCUT2D eigenvalue weighted by Gasteiger charge is 2.22. The number of carbonyl (C=O) groups excluding carboxylic acids is 1. The summed E-state index contributed by atoms with van der Waals surface area (Å²) in [5, 5.41) is 11.6. The number of rotatable bonds is 5. The van der Waals surface area contributed by atoms with Crippen LogP contribution in [0, 0.1) is 5.92 Å². The lowest BCUT2D eigenvalue weighted by Crippen LogP contribution is -2.41. The maximum atomic E-state index is 12.0. The highest BCUT2D eigenvalue weighted by Crippen LogP contribution is 2.16. The molecule has 0 aliphatic heterocycles. The van der Waals surface area contributed by atoms with Gasteiger partial charge in [-0.3, -0.25) is 4.79 Å². The van der Waals surface area contributed by atoms with Crippen LogP contribution >= 0.6 is 15.9 Å². The van der Waals surface area contributed by atoms with Crippen molar-refractivity contribution in [2.24, 2.45) is 5.92 Å². The van der Waals surface area contributed by atoms with Gasteiger partial charge < -0.3 is 10.4 Å². The molecule has 1 aromatic rings. The van der Waals surface area contributed by atoms with Crippen LogP contribution in [0.2, 0.25) is 0 Å². The summed E-state index contributed by atoms with van der Waals surface area (Å²) in [6.07, 6.45) is 0.408. The van der Waals surface area contributed by atoms with Crippen LogP contribution in [0.1, 0.15) is 30.6 Å². The number of halogens is 1. The SMILES string of the molecule is CC(C)CC(NC(=O)c1ccccc1Br)C(=O)O. The molecule has 0 aliphatic carbocycles. The Balaban J connectivity index is 2.79. The van der Waals surface area contributed by atoms with Gasteiger partial charge in [-0.15, -0.1) is 0 Å². The van der Waals surface area contributed by atoms with Gasteiger partial charge in [-0.2, -0.15) is 0 Å². The van der Waals surface area contributed by atoms with Crippen molar-refractivity contribution in [2.45, 2.75) is 26.3 Å². The first-order valence-electron chi connectivity index (χ1n) is 5.70. The van der Waals surface area contributed by atoms with Crippen LogP contribution in [-0.4, -0.2) is 23.0 Å². The molecular formula is C13H16BrNO3. The molecule has 0 fully saturated rings. The summed E-state index contributed by atoms with van der Waals surface area (Å²) in [5.74, 6) is -1.19. The molecule has 1 aromatic carbocycles. The quantitative estimate of drug-likeness (QED) is 0.878. The highest BCUT2D eigenvalue weighted by molar-refractivity contribution is 9.10. The second kappa shape index (κ2) is 6.54. The Kier molecular flexibility index (Phi) is 5.34. The van der Waals surface area contributed by atoms with Crippen LogP contribution in [-0.2, 0) is 4.79 Å². The highest BCUT2D eigenvalue weighted by atomic mass is 79.9. The van der Waals surface area contributed by atoms with E-state index in [9.17, 15) is 9.59 Å². The van der Waals surface area contributed by atoms with Gasteiger partial charge in [-0.1, -0.05) is 26.0 Å². The normalized spacial score (nSPS) is 12.2. The molecule has 0 aliphatic rings. The molecular weight excluding hydrogens is 298 g/mol. The minimum atomic E-state index is -1.01. The average Bonchev–Trinajstić information content (AvgIpc) is 2.27. The molecule has 4 nitrogen and oxygen atoms in total. The molecule has 2 N–H and O–H groups in total. The van der Waals surface area contributed by atoms with Crippen LogP contribution in [0.4, 0.5) is 0 Å². The Morgan fingerprint density at radius 1 is 1.33 bits per heavy atom. The third-order valence-corrected chi connectivity index (χ3v) is 3.12. The molecule has 98 valence electrons. The first-order valence-corrected chi connectivity index (χ1v) is 6.49. The van der Waals surface area contributed by atoms with Crippen molar-refractivity contribution < 1.29 is 14.7 Å². The van der Waals surface area contributed by atoms with Crippen molar-refractivity contribution in [3.8, 4) is 0 Å². The third-order valence-electron chi connectivity index (χ3n) is 2.43. The van der Waals surface area contributed by atoms with Gasteiger partial charge in [-0.25, -0.2) is 4.79 Å². The van der Waals surface area contributed by atoms with Crippen LogP contribution in [0.3, 0.4) is 0 Å². The van der Waals surface area contributed by atoms with Crippen molar-refractivity contribution in [3.63, 3.8) is 0 Å². The molecule has 0 bridgehead atoms. The second-order valence-corrected chi connectivity index (χ2v) is 5.33. The van der Waals surface area contributed by atoms with Crippen LogP contribution in [0.15, 0.2) is 28.7 Å². The molecule has 0 saturated heterocycles. The van der Waals surface area contributed by atoms with Gasteiger partial charge in [-0.05, 0) is 40.4 Å². The molecule has 1 atom stereocenters. The van der Waals surface area contributed by atoms with Crippen molar-refractivity contribution >= 4 is 27.8 Å². The largest absolute Gasteiger partial charge is 0.480 e. The smallest absolute Gasteiger partial charge is 0.326 e. The molecule has 5 heteroatoms. The molecule has 0 spiro atoms. The average molecular weight is 314 g/mol. The first-order chi connectivity index (χ1) is 8.41. The standard InChI is InChI=1S/C13H16BrNO3/c1-8(2)7-11(13(17)18)15-12(16)9-5-3-4-6-10(9)14/h3-6,8,11H,7H2,1-2H3,(H,15,16)(H,17,18). The fourth-order valence-corrected chi connectivity index (χ4v) is 2.04. The number of aliphatic carboxylic acids is 1. The minimum absolute atomic E-state index is 0.200. The van der Waals surface area contributed by atoms with E-state index in [1.54, 1.807) is 24.3 Å². The van der Waals surface area contributed by atoms with E-state index in [1.807, 2.05) is 13.8 Å². The van der Waals surface area contributed by atoms with Crippen molar-refractivity contribution in [2.75, 3.05) is 0 Å². The molecule has 1 unspecified atom stereocenters. The summed E-state index contributed by atoms with van der Waals surface area (Å²) < 4.78 is 0.649. The number of carbonyl (C=O) groups is 2. The minimum Gasteiger partial charge on any atom is -0.480 e. The summed E-state index contributed by atoms with van der Waals surface area (Å²) in [4.78, 5) is 23.0. The Morgan fingerprint density at radius 3 is 2.44 bits per heavy atom. The Morgan fingerprint density at radius 2 is 1.94 bits per heavy atom. The van der Waals surface area contributed by atoms with Gasteiger partial charge in [0.05, 0.1) is 5.56 Å². The maximum Gasteiger partial charge on any atom is 0.326 e. The number of carboxylic acid groups (broad SMARTS) is 1. The molecule has 0 aromatic heterocycles. The summed E-state index contributed by atoms with van der Waals surface area (Å²) in [5.41, 5.74) is 0.438. The predicted molar refractivity (Wildman–Crippen MR) is 72.5 cm³/mol. The Labute approximate surface area is 115 Å². The van der Waals surface area contributed by atoms with Crippen LogP contribution in [0.25, 0.3) is 0 Å². The van der Waals surface area contributed by atoms with Gasteiger partial charge in [0.1, 0.15) is 6.04 Å². The molecule has 0 radical (unpaired) electrons. The lowest BCUT2D eigenvalue weighted by Gasteiger charge is -2.16. The van der Waals surface area contributed by atoms with E-state index in [0.29, 0.717) is 16.5 Å². The summed E-state index contributed by atoms with van der Waals surface area (Å²) in [6, 6.07) is 6.06. The number of nitrogens with one attached hydrogen (secondary N) is 1. The van der Waals surface area contributed by atoms with E-state index in [0.717, 1.165) is 0 Å². The topological polar surface area (TPSA) is 66.4 Å². The van der Waals surface area contributed by atoms with E-state index in [2.05, 4.69) is 21.2 Å². The van der Waals surface area contributed by atoms with Gasteiger partial charge in [0.2, 0.25) is 0 Å². The monoisotopic (exact) mass is 313 g/mol. The lowest BCUT2D eigenvalue weighted by molar-refractivity contribution is -0.139. The fourth-order valence-electron chi connectivity index (χ4n) is 1.57. The van der Waals surface area contributed by atoms with Crippen molar-refractivity contribution in [1.29, 1.82) is 0 Å². The molecule has 18 heavy (non-hydrogen) atoms. The van der Waals surface area contributed by atoms with Gasteiger partial charge in [0, 0.05) is 4.47 Å². The predicted octanol–water partition coefficient (Wildman–Crippen LogP) is 2.68. The molecule has 0 heterocycles. The Bertz CT molecular complexity index is 446. The van der Waals surface area contributed by atoms with E-state index in [1.165, 1.54) is 0 Å². The summed E-state index contributed by atoms with van der Waals surface area (Å²) in [6.45, 7) is 3.83. The molecule has 1 amide bonds. The zero-order valence-electron chi connectivity index (χ0n) is 10.3. The van der Waals surface area contributed by atoms with Gasteiger partial charge in [0.25, 0.3) is 5.91 Å². The lowest BCUT2D eigenvalue weighted by atomic mass is 10.0. The van der Waals surface area contributed by atoms with Gasteiger partial charge in [0.15, 0.2) is 0 Å².